The summed E-state index contributed by atoms with van der Waals surface area (Å²) in [6, 6.07) is 10.1. The maximum atomic E-state index is 12.0. The van der Waals surface area contributed by atoms with Gasteiger partial charge in [0.1, 0.15) is 11.4 Å². The fourth-order valence-corrected chi connectivity index (χ4v) is 1.73. The fourth-order valence-electron chi connectivity index (χ4n) is 1.73. The predicted octanol–water partition coefficient (Wildman–Crippen LogP) is 3.41. The van der Waals surface area contributed by atoms with Crippen LogP contribution in [0, 0.1) is 0 Å². The number of nitrogens with zero attached hydrogens (tertiary/aromatic N) is 1. The number of ether oxygens (including phenoxy) is 1. The summed E-state index contributed by atoms with van der Waals surface area (Å²) in [4.78, 5) is 16.2. The number of benzene rings is 1. The molecule has 1 heterocycles. The van der Waals surface area contributed by atoms with Gasteiger partial charge in [-0.2, -0.15) is 0 Å². The van der Waals surface area contributed by atoms with Crippen molar-refractivity contribution in [3.8, 4) is 17.0 Å². The van der Waals surface area contributed by atoms with Crippen molar-refractivity contribution in [1.82, 2.24) is 4.98 Å². The van der Waals surface area contributed by atoms with Gasteiger partial charge in [0.05, 0.1) is 11.3 Å². The highest BCUT2D eigenvalue weighted by molar-refractivity contribution is 5.91. The molecule has 0 bridgehead atoms. The third kappa shape index (κ3) is 3.35. The number of hydrogen-bond acceptors (Lipinski definition) is 4. The van der Waals surface area contributed by atoms with Crippen molar-refractivity contribution in [3.63, 3.8) is 0 Å². The molecule has 4 nitrogen and oxygen atoms in total. The van der Waals surface area contributed by atoms with E-state index in [4.69, 9.17) is 4.74 Å². The molecule has 0 aliphatic carbocycles. The van der Waals surface area contributed by atoms with Crippen molar-refractivity contribution in [2.45, 2.75) is 26.4 Å². The quantitative estimate of drug-likeness (QED) is 0.850. The molecule has 0 aliphatic rings. The number of hydrogen-bond donors (Lipinski definition) is 1. The number of carbonyl (C=O) groups excluding carboxylic acids is 1. The Morgan fingerprint density at radius 2 is 1.90 bits per heavy atom. The van der Waals surface area contributed by atoms with Crippen LogP contribution in [0.3, 0.4) is 0 Å². The molecule has 104 valence electrons. The Kier molecular flexibility index (Phi) is 3.74. The van der Waals surface area contributed by atoms with E-state index in [9.17, 15) is 9.90 Å². The number of phenolic OH excluding ortho intramolecular Hbond substituents is 1. The SMILES string of the molecule is CC(C)(C)OC(=O)c1ccnc(-c2ccccc2O)c1. The van der Waals surface area contributed by atoms with Crippen molar-refractivity contribution in [2.75, 3.05) is 0 Å². The monoisotopic (exact) mass is 271 g/mol. The number of para-hydroxylation sites is 1. The summed E-state index contributed by atoms with van der Waals surface area (Å²) in [5.74, 6) is -0.280. The van der Waals surface area contributed by atoms with E-state index in [1.165, 1.54) is 6.20 Å². The van der Waals surface area contributed by atoms with Gasteiger partial charge in [0.25, 0.3) is 0 Å². The Morgan fingerprint density at radius 3 is 2.55 bits per heavy atom. The second-order valence-corrected chi connectivity index (χ2v) is 5.45. The summed E-state index contributed by atoms with van der Waals surface area (Å²) < 4.78 is 5.32. The molecule has 0 radical (unpaired) electrons. The average Bonchev–Trinajstić information content (AvgIpc) is 2.37. The van der Waals surface area contributed by atoms with E-state index in [-0.39, 0.29) is 5.75 Å². The van der Waals surface area contributed by atoms with Gasteiger partial charge in [0.2, 0.25) is 0 Å². The number of aromatic hydroxyl groups is 1. The maximum Gasteiger partial charge on any atom is 0.338 e. The van der Waals surface area contributed by atoms with Crippen molar-refractivity contribution < 1.29 is 14.6 Å². The molecule has 0 aliphatic heterocycles. The summed E-state index contributed by atoms with van der Waals surface area (Å²) >= 11 is 0. The highest BCUT2D eigenvalue weighted by Gasteiger charge is 2.18. The molecule has 0 saturated carbocycles. The van der Waals surface area contributed by atoms with Gasteiger partial charge in [-0.3, -0.25) is 4.98 Å². The Morgan fingerprint density at radius 1 is 1.20 bits per heavy atom. The van der Waals surface area contributed by atoms with E-state index in [0.29, 0.717) is 16.8 Å². The summed E-state index contributed by atoms with van der Waals surface area (Å²) in [7, 11) is 0. The van der Waals surface area contributed by atoms with Gasteiger partial charge in [-0.25, -0.2) is 4.79 Å². The molecule has 1 aromatic carbocycles. The molecule has 2 rings (SSSR count). The third-order valence-corrected chi connectivity index (χ3v) is 2.57. The molecule has 2 aromatic rings. The van der Waals surface area contributed by atoms with Crippen LogP contribution in [-0.4, -0.2) is 21.7 Å². The highest BCUT2D eigenvalue weighted by atomic mass is 16.6. The van der Waals surface area contributed by atoms with Gasteiger partial charge in [-0.05, 0) is 45.0 Å². The minimum absolute atomic E-state index is 0.126. The molecule has 20 heavy (non-hydrogen) atoms. The van der Waals surface area contributed by atoms with Crippen LogP contribution in [0.2, 0.25) is 0 Å². The third-order valence-electron chi connectivity index (χ3n) is 2.57. The number of aromatic nitrogens is 1. The lowest BCUT2D eigenvalue weighted by molar-refractivity contribution is 0.00694. The van der Waals surface area contributed by atoms with Crippen LogP contribution in [0.4, 0.5) is 0 Å². The summed E-state index contributed by atoms with van der Waals surface area (Å²) in [5.41, 5.74) is 0.979. The van der Waals surface area contributed by atoms with Gasteiger partial charge in [-0.1, -0.05) is 12.1 Å². The van der Waals surface area contributed by atoms with E-state index in [1.807, 2.05) is 20.8 Å². The maximum absolute atomic E-state index is 12.0. The summed E-state index contributed by atoms with van der Waals surface area (Å²) in [5, 5.41) is 9.82. The van der Waals surface area contributed by atoms with Gasteiger partial charge in [0, 0.05) is 11.8 Å². The van der Waals surface area contributed by atoms with Crippen LogP contribution in [0.5, 0.6) is 5.75 Å². The van der Waals surface area contributed by atoms with Gasteiger partial charge < -0.3 is 9.84 Å². The molecule has 0 spiro atoms. The van der Waals surface area contributed by atoms with Crippen molar-refractivity contribution in [2.24, 2.45) is 0 Å². The van der Waals surface area contributed by atoms with Gasteiger partial charge in [0.15, 0.2) is 0 Å². The van der Waals surface area contributed by atoms with Crippen LogP contribution in [0.25, 0.3) is 11.3 Å². The minimum atomic E-state index is -0.546. The smallest absolute Gasteiger partial charge is 0.338 e. The number of phenols is 1. The van der Waals surface area contributed by atoms with Crippen LogP contribution >= 0.6 is 0 Å². The highest BCUT2D eigenvalue weighted by Crippen LogP contribution is 2.27. The molecule has 0 saturated heterocycles. The van der Waals surface area contributed by atoms with Crippen LogP contribution in [0.1, 0.15) is 31.1 Å². The Bertz CT molecular complexity index is 630. The zero-order chi connectivity index (χ0) is 14.8. The molecule has 0 atom stereocenters. The normalized spacial score (nSPS) is 11.2. The standard InChI is InChI=1S/C16H17NO3/c1-16(2,3)20-15(19)11-8-9-17-13(10-11)12-6-4-5-7-14(12)18/h4-10,18H,1-3H3. The molecule has 0 unspecified atom stereocenters. The van der Waals surface area contributed by atoms with E-state index in [2.05, 4.69) is 4.98 Å². The summed E-state index contributed by atoms with van der Waals surface area (Å²) in [6.07, 6.45) is 1.53. The summed E-state index contributed by atoms with van der Waals surface area (Å²) in [6.45, 7) is 5.45. The lowest BCUT2D eigenvalue weighted by Gasteiger charge is -2.19. The van der Waals surface area contributed by atoms with Crippen LogP contribution in [0.15, 0.2) is 42.6 Å². The van der Waals surface area contributed by atoms with Crippen molar-refractivity contribution >= 4 is 5.97 Å². The first-order valence-corrected chi connectivity index (χ1v) is 6.34. The van der Waals surface area contributed by atoms with E-state index in [1.54, 1.807) is 36.4 Å². The number of rotatable bonds is 2. The van der Waals surface area contributed by atoms with Crippen LogP contribution < -0.4 is 0 Å². The molecule has 4 heteroatoms. The molecule has 1 aromatic heterocycles. The zero-order valence-electron chi connectivity index (χ0n) is 11.8. The van der Waals surface area contributed by atoms with Crippen LogP contribution in [-0.2, 0) is 4.74 Å². The molecule has 1 N–H and O–H groups in total. The molecule has 0 fully saturated rings. The second kappa shape index (κ2) is 5.33. The van der Waals surface area contributed by atoms with Crippen molar-refractivity contribution in [1.29, 1.82) is 0 Å². The Labute approximate surface area is 118 Å². The van der Waals surface area contributed by atoms with Gasteiger partial charge in [-0.15, -0.1) is 0 Å². The number of carbonyl (C=O) groups is 1. The first-order valence-electron chi connectivity index (χ1n) is 6.34. The molecule has 0 amide bonds. The Balaban J connectivity index is 2.34. The second-order valence-electron chi connectivity index (χ2n) is 5.45. The molecular formula is C16H17NO3. The predicted molar refractivity (Wildman–Crippen MR) is 76.5 cm³/mol. The fraction of sp³-hybridized carbons (Fsp3) is 0.250. The topological polar surface area (TPSA) is 59.4 Å². The Hall–Kier alpha value is -2.36. The molecular weight excluding hydrogens is 254 g/mol. The average molecular weight is 271 g/mol. The largest absolute Gasteiger partial charge is 0.507 e. The van der Waals surface area contributed by atoms with Crippen molar-refractivity contribution in [3.05, 3.63) is 48.2 Å². The van der Waals surface area contributed by atoms with E-state index >= 15 is 0 Å². The lowest BCUT2D eigenvalue weighted by atomic mass is 10.1. The number of esters is 1. The van der Waals surface area contributed by atoms with Gasteiger partial charge >= 0.3 is 5.97 Å². The lowest BCUT2D eigenvalue weighted by Crippen LogP contribution is -2.23. The number of pyridine rings is 1. The first kappa shape index (κ1) is 14.1. The zero-order valence-corrected chi connectivity index (χ0v) is 11.8. The minimum Gasteiger partial charge on any atom is -0.507 e. The van der Waals surface area contributed by atoms with E-state index < -0.39 is 11.6 Å². The van der Waals surface area contributed by atoms with E-state index in [0.717, 1.165) is 0 Å². The first-order chi connectivity index (χ1) is 9.37.